The molecule has 1 aliphatic rings. The van der Waals surface area contributed by atoms with Crippen molar-refractivity contribution in [3.63, 3.8) is 0 Å². The molecular formula is C27H26F3N9. The zero-order valence-electron chi connectivity index (χ0n) is 21.4. The van der Waals surface area contributed by atoms with Gasteiger partial charge in [-0.15, -0.1) is 5.10 Å². The predicted molar refractivity (Wildman–Crippen MR) is 139 cm³/mol. The number of aromatic nitrogens is 8. The molecule has 6 rings (SSSR count). The largest absolute Gasteiger partial charge is 0.434 e. The van der Waals surface area contributed by atoms with Crippen LogP contribution in [-0.4, -0.2) is 39.1 Å². The van der Waals surface area contributed by atoms with E-state index in [0.717, 1.165) is 48.0 Å². The van der Waals surface area contributed by atoms with Crippen LogP contribution in [0.2, 0.25) is 0 Å². The molecule has 5 aromatic rings. The Morgan fingerprint density at radius 1 is 1.03 bits per heavy atom. The molecule has 0 bridgehead atoms. The van der Waals surface area contributed by atoms with E-state index in [-0.39, 0.29) is 5.82 Å². The molecule has 12 heteroatoms. The summed E-state index contributed by atoms with van der Waals surface area (Å²) in [5.74, 6) is 1.80. The fraction of sp³-hybridized carbons (Fsp3) is 0.333. The van der Waals surface area contributed by atoms with E-state index in [0.29, 0.717) is 41.9 Å². The molecule has 4 heterocycles. The maximum absolute atomic E-state index is 13.2. The number of imidazole rings is 2. The van der Waals surface area contributed by atoms with Gasteiger partial charge < -0.3 is 9.88 Å². The molecule has 1 N–H and O–H groups in total. The monoisotopic (exact) mass is 533 g/mol. The van der Waals surface area contributed by atoms with E-state index in [2.05, 4.69) is 32.2 Å². The van der Waals surface area contributed by atoms with Crippen LogP contribution in [0.25, 0.3) is 28.4 Å². The van der Waals surface area contributed by atoms with Gasteiger partial charge in [0.2, 0.25) is 0 Å². The Bertz CT molecular complexity index is 1630. The number of anilines is 1. The molecule has 39 heavy (non-hydrogen) atoms. The Morgan fingerprint density at radius 2 is 1.82 bits per heavy atom. The molecular weight excluding hydrogens is 507 g/mol. The maximum Gasteiger partial charge on any atom is 0.434 e. The minimum atomic E-state index is -4.49. The highest BCUT2D eigenvalue weighted by Crippen LogP contribution is 2.43. The molecule has 0 aliphatic heterocycles. The Balaban J connectivity index is 1.28. The van der Waals surface area contributed by atoms with Crippen LogP contribution in [-0.2, 0) is 25.7 Å². The summed E-state index contributed by atoms with van der Waals surface area (Å²) in [5.41, 5.74) is 4.00. The summed E-state index contributed by atoms with van der Waals surface area (Å²) < 4.78 is 42.7. The highest BCUT2D eigenvalue weighted by molar-refractivity contribution is 5.69. The summed E-state index contributed by atoms with van der Waals surface area (Å²) in [4.78, 5) is 22.2. The molecule has 1 aliphatic carbocycles. The summed E-state index contributed by atoms with van der Waals surface area (Å²) in [5, 5.41) is 8.08. The van der Waals surface area contributed by atoms with E-state index in [9.17, 15) is 13.2 Å². The van der Waals surface area contributed by atoms with Crippen molar-refractivity contribution in [2.24, 2.45) is 0 Å². The molecule has 0 radical (unpaired) electrons. The number of rotatable bonds is 8. The number of hydrogen-bond acceptors (Lipinski definition) is 7. The van der Waals surface area contributed by atoms with Crippen LogP contribution in [0.3, 0.4) is 0 Å². The normalized spacial score (nSPS) is 13.8. The minimum absolute atomic E-state index is 0.284. The van der Waals surface area contributed by atoms with Crippen LogP contribution in [0.15, 0.2) is 49.2 Å². The average Bonchev–Trinajstić information content (AvgIpc) is 3.50. The second kappa shape index (κ2) is 9.75. The predicted octanol–water partition coefficient (Wildman–Crippen LogP) is 5.54. The first kappa shape index (κ1) is 25.0. The number of nitrogens with zero attached hydrogens (tertiary/aromatic N) is 8. The van der Waals surface area contributed by atoms with Crippen LogP contribution in [0.5, 0.6) is 0 Å². The van der Waals surface area contributed by atoms with Crippen LogP contribution in [0.1, 0.15) is 55.3 Å². The standard InChI is InChI=1S/C27H26F3N9/c1-3-19-21(22(17-9-10-17)34-15-33-19)23-36-24(26-31-11-12-39(26)37-23)32-13-16-5-7-18(8-6-16)25-35-20(27(28,29)30)14-38(25)4-2/h5-8,11-12,14-15,17H,3-4,9-10,13H2,1-2H3,(H,32,36,37). The second-order valence-corrected chi connectivity index (χ2v) is 9.47. The van der Waals surface area contributed by atoms with Crippen LogP contribution in [0.4, 0.5) is 19.0 Å². The summed E-state index contributed by atoms with van der Waals surface area (Å²) >= 11 is 0. The van der Waals surface area contributed by atoms with Gasteiger partial charge in [-0.2, -0.15) is 13.2 Å². The molecule has 1 aromatic carbocycles. The molecule has 200 valence electrons. The van der Waals surface area contributed by atoms with Crippen molar-refractivity contribution in [3.05, 3.63) is 71.8 Å². The van der Waals surface area contributed by atoms with Crippen molar-refractivity contribution >= 4 is 11.5 Å². The molecule has 1 fully saturated rings. The summed E-state index contributed by atoms with van der Waals surface area (Å²) in [6.07, 6.45) is 4.54. The van der Waals surface area contributed by atoms with Gasteiger partial charge in [0.05, 0.1) is 17.0 Å². The first-order chi connectivity index (χ1) is 18.9. The number of benzene rings is 1. The summed E-state index contributed by atoms with van der Waals surface area (Å²) in [6, 6.07) is 7.28. The first-order valence-electron chi connectivity index (χ1n) is 12.9. The van der Waals surface area contributed by atoms with Gasteiger partial charge in [0.25, 0.3) is 0 Å². The molecule has 0 saturated heterocycles. The van der Waals surface area contributed by atoms with E-state index in [1.54, 1.807) is 42.3 Å². The van der Waals surface area contributed by atoms with Crippen molar-refractivity contribution in [3.8, 4) is 22.8 Å². The lowest BCUT2D eigenvalue weighted by Gasteiger charge is -2.13. The number of halogens is 3. The molecule has 0 unspecified atom stereocenters. The lowest BCUT2D eigenvalue weighted by molar-refractivity contribution is -0.140. The topological polar surface area (TPSA) is 98.7 Å². The van der Waals surface area contributed by atoms with Crippen molar-refractivity contribution in [2.45, 2.75) is 58.3 Å². The van der Waals surface area contributed by atoms with Crippen LogP contribution < -0.4 is 5.32 Å². The van der Waals surface area contributed by atoms with E-state index < -0.39 is 11.9 Å². The quantitative estimate of drug-likeness (QED) is 0.280. The van der Waals surface area contributed by atoms with E-state index in [1.807, 2.05) is 12.1 Å². The lowest BCUT2D eigenvalue weighted by Crippen LogP contribution is -2.10. The molecule has 9 nitrogen and oxygen atoms in total. The second-order valence-electron chi connectivity index (χ2n) is 9.47. The third-order valence-corrected chi connectivity index (χ3v) is 6.81. The van der Waals surface area contributed by atoms with E-state index in [1.165, 1.54) is 4.57 Å². The lowest BCUT2D eigenvalue weighted by atomic mass is 10.1. The fourth-order valence-electron chi connectivity index (χ4n) is 4.65. The third-order valence-electron chi connectivity index (χ3n) is 6.81. The Kier molecular flexibility index (Phi) is 6.24. The van der Waals surface area contributed by atoms with Crippen molar-refractivity contribution in [1.29, 1.82) is 0 Å². The highest BCUT2D eigenvalue weighted by Gasteiger charge is 2.35. The van der Waals surface area contributed by atoms with Crippen LogP contribution >= 0.6 is 0 Å². The van der Waals surface area contributed by atoms with Crippen molar-refractivity contribution in [1.82, 2.24) is 39.1 Å². The van der Waals surface area contributed by atoms with E-state index >= 15 is 0 Å². The van der Waals surface area contributed by atoms with Gasteiger partial charge in [-0.25, -0.2) is 29.4 Å². The van der Waals surface area contributed by atoms with Gasteiger partial charge in [-0.1, -0.05) is 31.2 Å². The Hall–Kier alpha value is -4.35. The zero-order valence-corrected chi connectivity index (χ0v) is 21.4. The number of nitrogens with one attached hydrogen (secondary N) is 1. The third kappa shape index (κ3) is 4.82. The van der Waals surface area contributed by atoms with Gasteiger partial charge in [-0.3, -0.25) is 0 Å². The first-order valence-corrected chi connectivity index (χ1v) is 12.9. The maximum atomic E-state index is 13.2. The summed E-state index contributed by atoms with van der Waals surface area (Å²) in [7, 11) is 0. The highest BCUT2D eigenvalue weighted by atomic mass is 19.4. The number of alkyl halides is 3. The summed E-state index contributed by atoms with van der Waals surface area (Å²) in [6.45, 7) is 4.65. The Labute approximate surface area is 222 Å². The van der Waals surface area contributed by atoms with E-state index in [4.69, 9.17) is 10.1 Å². The molecule has 0 atom stereocenters. The van der Waals surface area contributed by atoms with Crippen molar-refractivity contribution < 1.29 is 13.2 Å². The molecule has 4 aromatic heterocycles. The zero-order chi connectivity index (χ0) is 27.1. The molecule has 1 saturated carbocycles. The molecule has 0 amide bonds. The van der Waals surface area contributed by atoms with Gasteiger partial charge >= 0.3 is 6.18 Å². The van der Waals surface area contributed by atoms with Gasteiger partial charge in [-0.05, 0) is 31.7 Å². The number of hydrogen-bond donors (Lipinski definition) is 1. The fourth-order valence-corrected chi connectivity index (χ4v) is 4.65. The Morgan fingerprint density at radius 3 is 2.51 bits per heavy atom. The van der Waals surface area contributed by atoms with Gasteiger partial charge in [0.15, 0.2) is 23.0 Å². The van der Waals surface area contributed by atoms with Gasteiger partial charge in [0.1, 0.15) is 12.2 Å². The van der Waals surface area contributed by atoms with Crippen LogP contribution in [0, 0.1) is 0 Å². The molecule has 0 spiro atoms. The number of fused-ring (bicyclic) bond motifs is 1. The SMILES string of the molecule is CCc1ncnc(C2CC2)c1-c1nc(NCc2ccc(-c3nc(C(F)(F)F)cn3CC)cc2)c2nccn2n1. The minimum Gasteiger partial charge on any atom is -0.363 e. The smallest absolute Gasteiger partial charge is 0.363 e. The average molecular weight is 534 g/mol. The van der Waals surface area contributed by atoms with Crippen molar-refractivity contribution in [2.75, 3.05) is 5.32 Å². The van der Waals surface area contributed by atoms with Gasteiger partial charge in [0, 0.05) is 43.2 Å². The number of aryl methyl sites for hydroxylation is 2.